The van der Waals surface area contributed by atoms with Gasteiger partial charge < -0.3 is 10.2 Å². The summed E-state index contributed by atoms with van der Waals surface area (Å²) in [6.45, 7) is 14.0. The molecule has 1 N–H and O–H groups in total. The maximum absolute atomic E-state index is 3.54. The quantitative estimate of drug-likeness (QED) is 0.744. The summed E-state index contributed by atoms with van der Waals surface area (Å²) in [7, 11) is 0. The van der Waals surface area contributed by atoms with Gasteiger partial charge in [-0.05, 0) is 52.2 Å². The molecule has 0 bridgehead atoms. The highest BCUT2D eigenvalue weighted by Crippen LogP contribution is 2.17. The minimum atomic E-state index is 0.273. The summed E-state index contributed by atoms with van der Waals surface area (Å²) in [4.78, 5) is 2.60. The zero-order chi connectivity index (χ0) is 10.6. The Morgan fingerprint density at radius 1 is 1.29 bits per heavy atom. The van der Waals surface area contributed by atoms with Crippen LogP contribution in [0.25, 0.3) is 0 Å². The Labute approximate surface area is 89.1 Å². The molecule has 14 heavy (non-hydrogen) atoms. The van der Waals surface area contributed by atoms with Gasteiger partial charge in [-0.3, -0.25) is 0 Å². The van der Waals surface area contributed by atoms with E-state index < -0.39 is 0 Å². The lowest BCUT2D eigenvalue weighted by Gasteiger charge is -2.37. The van der Waals surface area contributed by atoms with Gasteiger partial charge in [0.2, 0.25) is 0 Å². The van der Waals surface area contributed by atoms with Crippen LogP contribution in [0, 0.1) is 5.92 Å². The second kappa shape index (κ2) is 5.13. The first-order chi connectivity index (χ1) is 6.53. The van der Waals surface area contributed by atoms with Gasteiger partial charge in [0.25, 0.3) is 0 Å². The molecule has 0 aromatic rings. The van der Waals surface area contributed by atoms with Gasteiger partial charge in [0, 0.05) is 12.1 Å². The number of rotatable bonds is 4. The molecule has 1 fully saturated rings. The molecule has 0 aliphatic carbocycles. The van der Waals surface area contributed by atoms with Crippen LogP contribution in [0.15, 0.2) is 0 Å². The molecule has 0 amide bonds. The summed E-state index contributed by atoms with van der Waals surface area (Å²) < 4.78 is 0. The van der Waals surface area contributed by atoms with Gasteiger partial charge >= 0.3 is 0 Å². The van der Waals surface area contributed by atoms with E-state index in [9.17, 15) is 0 Å². The molecule has 1 saturated heterocycles. The van der Waals surface area contributed by atoms with Crippen molar-refractivity contribution < 1.29 is 0 Å². The Balaban J connectivity index is 2.29. The van der Waals surface area contributed by atoms with Crippen LogP contribution in [-0.4, -0.2) is 36.6 Å². The van der Waals surface area contributed by atoms with E-state index in [1.807, 2.05) is 0 Å². The zero-order valence-electron chi connectivity index (χ0n) is 10.3. The Morgan fingerprint density at radius 2 is 1.86 bits per heavy atom. The van der Waals surface area contributed by atoms with Crippen molar-refractivity contribution in [2.45, 2.75) is 46.1 Å². The maximum Gasteiger partial charge on any atom is 0.0252 e. The molecular formula is C12H26N2. The number of likely N-dealkylation sites (tertiary alicyclic amines) is 1. The summed E-state index contributed by atoms with van der Waals surface area (Å²) in [6, 6.07) is 0. The molecule has 1 rings (SSSR count). The highest BCUT2D eigenvalue weighted by atomic mass is 15.2. The van der Waals surface area contributed by atoms with Crippen LogP contribution in [0.5, 0.6) is 0 Å². The molecule has 0 aromatic carbocycles. The largest absolute Gasteiger partial charge is 0.311 e. The molecule has 1 aliphatic rings. The average Bonchev–Trinajstić information content (AvgIpc) is 2.08. The van der Waals surface area contributed by atoms with E-state index in [4.69, 9.17) is 0 Å². The van der Waals surface area contributed by atoms with Crippen LogP contribution in [0.1, 0.15) is 40.5 Å². The summed E-state index contributed by atoms with van der Waals surface area (Å²) >= 11 is 0. The topological polar surface area (TPSA) is 15.3 Å². The van der Waals surface area contributed by atoms with E-state index in [0.29, 0.717) is 0 Å². The van der Waals surface area contributed by atoms with Crippen molar-refractivity contribution in [1.82, 2.24) is 10.2 Å². The Bertz CT molecular complexity index is 158. The van der Waals surface area contributed by atoms with Gasteiger partial charge in [-0.15, -0.1) is 0 Å². The fourth-order valence-electron chi connectivity index (χ4n) is 2.31. The zero-order valence-corrected chi connectivity index (χ0v) is 10.3. The number of nitrogens with one attached hydrogen (secondary N) is 1. The lowest BCUT2D eigenvalue weighted by atomic mass is 9.97. The predicted molar refractivity (Wildman–Crippen MR) is 62.6 cm³/mol. The molecule has 0 radical (unpaired) electrons. The lowest BCUT2D eigenvalue weighted by Crippen LogP contribution is -2.50. The van der Waals surface area contributed by atoms with Gasteiger partial charge in [-0.1, -0.05) is 13.8 Å². The average molecular weight is 198 g/mol. The monoisotopic (exact) mass is 198 g/mol. The van der Waals surface area contributed by atoms with Gasteiger partial charge in [-0.25, -0.2) is 0 Å². The normalized spacial score (nSPS) is 21.4. The molecular weight excluding hydrogens is 172 g/mol. The van der Waals surface area contributed by atoms with Crippen molar-refractivity contribution in [3.63, 3.8) is 0 Å². The summed E-state index contributed by atoms with van der Waals surface area (Å²) in [5.74, 6) is 0.938. The highest BCUT2D eigenvalue weighted by Gasteiger charge is 2.23. The van der Waals surface area contributed by atoms with E-state index in [1.54, 1.807) is 0 Å². The first-order valence-electron chi connectivity index (χ1n) is 6.01. The molecule has 2 nitrogen and oxygen atoms in total. The van der Waals surface area contributed by atoms with Gasteiger partial charge in [-0.2, -0.15) is 0 Å². The number of nitrogens with zero attached hydrogens (tertiary/aromatic N) is 1. The van der Waals surface area contributed by atoms with Crippen molar-refractivity contribution in [1.29, 1.82) is 0 Å². The predicted octanol–water partition coefficient (Wildman–Crippen LogP) is 2.11. The molecule has 84 valence electrons. The van der Waals surface area contributed by atoms with Crippen LogP contribution >= 0.6 is 0 Å². The second-order valence-electron chi connectivity index (χ2n) is 5.37. The fraction of sp³-hybridized carbons (Fsp3) is 1.00. The SMILES string of the molecule is CCNC(C)(C)CN1CCC(C)CC1. The van der Waals surface area contributed by atoms with Crippen LogP contribution in [0.4, 0.5) is 0 Å². The van der Waals surface area contributed by atoms with Crippen molar-refractivity contribution >= 4 is 0 Å². The van der Waals surface area contributed by atoms with Crippen LogP contribution in [0.2, 0.25) is 0 Å². The number of likely N-dealkylation sites (N-methyl/N-ethyl adjacent to an activating group) is 1. The van der Waals surface area contributed by atoms with Crippen molar-refractivity contribution in [2.24, 2.45) is 5.92 Å². The third-order valence-electron chi connectivity index (χ3n) is 3.15. The minimum absolute atomic E-state index is 0.273. The smallest absolute Gasteiger partial charge is 0.0252 e. The molecule has 0 spiro atoms. The lowest BCUT2D eigenvalue weighted by molar-refractivity contribution is 0.150. The molecule has 0 saturated carbocycles. The summed E-state index contributed by atoms with van der Waals surface area (Å²) in [5, 5.41) is 3.54. The third kappa shape index (κ3) is 3.97. The fourth-order valence-corrected chi connectivity index (χ4v) is 2.31. The van der Waals surface area contributed by atoms with E-state index in [2.05, 4.69) is 37.9 Å². The molecule has 0 atom stereocenters. The molecule has 1 heterocycles. The summed E-state index contributed by atoms with van der Waals surface area (Å²) in [6.07, 6.45) is 2.75. The number of piperidine rings is 1. The van der Waals surface area contributed by atoms with Crippen molar-refractivity contribution in [3.8, 4) is 0 Å². The Morgan fingerprint density at radius 3 is 2.36 bits per heavy atom. The van der Waals surface area contributed by atoms with E-state index >= 15 is 0 Å². The Hall–Kier alpha value is -0.0800. The molecule has 0 unspecified atom stereocenters. The van der Waals surface area contributed by atoms with Gasteiger partial charge in [0.05, 0.1) is 0 Å². The van der Waals surface area contributed by atoms with Crippen molar-refractivity contribution in [3.05, 3.63) is 0 Å². The summed E-state index contributed by atoms with van der Waals surface area (Å²) in [5.41, 5.74) is 0.273. The highest BCUT2D eigenvalue weighted by molar-refractivity contribution is 4.83. The van der Waals surface area contributed by atoms with E-state index in [-0.39, 0.29) is 5.54 Å². The molecule has 1 aliphatic heterocycles. The first kappa shape index (κ1) is 12.0. The third-order valence-corrected chi connectivity index (χ3v) is 3.15. The van der Waals surface area contributed by atoms with Gasteiger partial charge in [0.15, 0.2) is 0 Å². The first-order valence-corrected chi connectivity index (χ1v) is 6.01. The van der Waals surface area contributed by atoms with E-state index in [0.717, 1.165) is 12.5 Å². The Kier molecular flexibility index (Phi) is 4.39. The number of hydrogen-bond acceptors (Lipinski definition) is 2. The second-order valence-corrected chi connectivity index (χ2v) is 5.37. The maximum atomic E-state index is 3.54. The minimum Gasteiger partial charge on any atom is -0.311 e. The molecule has 0 aromatic heterocycles. The number of hydrogen-bond donors (Lipinski definition) is 1. The van der Waals surface area contributed by atoms with E-state index in [1.165, 1.54) is 32.5 Å². The van der Waals surface area contributed by atoms with Crippen LogP contribution in [0.3, 0.4) is 0 Å². The standard InChI is InChI=1S/C12H26N2/c1-5-13-12(3,4)10-14-8-6-11(2)7-9-14/h11,13H,5-10H2,1-4H3. The van der Waals surface area contributed by atoms with Crippen LogP contribution in [-0.2, 0) is 0 Å². The molecule has 2 heteroatoms. The van der Waals surface area contributed by atoms with Crippen LogP contribution < -0.4 is 5.32 Å². The van der Waals surface area contributed by atoms with Gasteiger partial charge in [0.1, 0.15) is 0 Å². The van der Waals surface area contributed by atoms with Crippen molar-refractivity contribution in [2.75, 3.05) is 26.2 Å².